The lowest BCUT2D eigenvalue weighted by atomic mass is 9.80. The van der Waals surface area contributed by atoms with E-state index in [1.807, 2.05) is 6.26 Å². The van der Waals surface area contributed by atoms with E-state index in [9.17, 15) is 9.59 Å². The van der Waals surface area contributed by atoms with Crippen LogP contribution in [0.2, 0.25) is 0 Å². The van der Waals surface area contributed by atoms with Gasteiger partial charge in [-0.2, -0.15) is 11.8 Å². The summed E-state index contributed by atoms with van der Waals surface area (Å²) in [7, 11) is 0. The molecule has 1 fully saturated rings. The summed E-state index contributed by atoms with van der Waals surface area (Å²) in [4.78, 5) is 23.0. The highest BCUT2D eigenvalue weighted by Gasteiger charge is 2.26. The summed E-state index contributed by atoms with van der Waals surface area (Å²) in [6.45, 7) is 4.39. The zero-order valence-corrected chi connectivity index (χ0v) is 13.3. The Balaban J connectivity index is 2.42. The molecule has 0 saturated heterocycles. The van der Waals surface area contributed by atoms with Crippen LogP contribution in [0, 0.1) is 11.8 Å². The first-order valence-electron chi connectivity index (χ1n) is 7.21. The molecule has 3 N–H and O–H groups in total. The first-order valence-corrected chi connectivity index (χ1v) is 8.60. The van der Waals surface area contributed by atoms with E-state index < -0.39 is 12.0 Å². The molecule has 116 valence electrons. The summed E-state index contributed by atoms with van der Waals surface area (Å²) in [5, 5.41) is 14.6. The van der Waals surface area contributed by atoms with Gasteiger partial charge in [-0.05, 0) is 49.5 Å². The third kappa shape index (κ3) is 6.03. The summed E-state index contributed by atoms with van der Waals surface area (Å²) >= 11 is 1.58. The van der Waals surface area contributed by atoms with Gasteiger partial charge in [-0.25, -0.2) is 9.59 Å². The fourth-order valence-electron chi connectivity index (χ4n) is 2.94. The van der Waals surface area contributed by atoms with Crippen LogP contribution in [-0.4, -0.2) is 41.2 Å². The molecular formula is C14H26N2O3S. The fourth-order valence-corrected chi connectivity index (χ4v) is 3.41. The number of carboxylic acid groups (broad SMARTS) is 1. The molecular weight excluding hydrogens is 276 g/mol. The number of rotatable bonds is 6. The molecule has 0 bridgehead atoms. The van der Waals surface area contributed by atoms with E-state index in [0.29, 0.717) is 18.3 Å². The minimum Gasteiger partial charge on any atom is -0.480 e. The number of carbonyl (C=O) groups is 2. The Bertz CT molecular complexity index is 328. The first kappa shape index (κ1) is 17.1. The van der Waals surface area contributed by atoms with Crippen LogP contribution < -0.4 is 10.6 Å². The van der Waals surface area contributed by atoms with Gasteiger partial charge in [0.2, 0.25) is 0 Å². The van der Waals surface area contributed by atoms with Crippen molar-refractivity contribution in [1.82, 2.24) is 10.6 Å². The van der Waals surface area contributed by atoms with Gasteiger partial charge in [0.25, 0.3) is 0 Å². The summed E-state index contributed by atoms with van der Waals surface area (Å²) in [6.07, 6.45) is 5.51. The molecule has 0 spiro atoms. The molecule has 1 aliphatic rings. The van der Waals surface area contributed by atoms with Crippen molar-refractivity contribution in [2.45, 2.75) is 51.6 Å². The summed E-state index contributed by atoms with van der Waals surface area (Å²) < 4.78 is 0. The van der Waals surface area contributed by atoms with E-state index in [1.54, 1.807) is 11.8 Å². The molecule has 20 heavy (non-hydrogen) atoms. The van der Waals surface area contributed by atoms with Crippen LogP contribution in [0.1, 0.15) is 39.5 Å². The van der Waals surface area contributed by atoms with Crippen molar-refractivity contribution in [2.75, 3.05) is 12.0 Å². The van der Waals surface area contributed by atoms with E-state index in [0.717, 1.165) is 18.6 Å². The molecule has 3 atom stereocenters. The smallest absolute Gasteiger partial charge is 0.326 e. The number of thioether (sulfide) groups is 1. The summed E-state index contributed by atoms with van der Waals surface area (Å²) in [5.41, 5.74) is 0. The number of nitrogens with one attached hydrogen (secondary N) is 2. The monoisotopic (exact) mass is 302 g/mol. The summed E-state index contributed by atoms with van der Waals surface area (Å²) in [6, 6.07) is -1.01. The molecule has 6 heteroatoms. The second-order valence-electron chi connectivity index (χ2n) is 5.90. The second kappa shape index (κ2) is 8.39. The molecule has 0 heterocycles. The molecule has 0 aromatic heterocycles. The number of hydrogen-bond acceptors (Lipinski definition) is 3. The maximum Gasteiger partial charge on any atom is 0.326 e. The van der Waals surface area contributed by atoms with Crippen molar-refractivity contribution in [3.8, 4) is 0 Å². The molecule has 1 saturated carbocycles. The molecule has 5 nitrogen and oxygen atoms in total. The predicted molar refractivity (Wildman–Crippen MR) is 82.1 cm³/mol. The van der Waals surface area contributed by atoms with E-state index in [1.165, 1.54) is 6.42 Å². The molecule has 3 unspecified atom stereocenters. The van der Waals surface area contributed by atoms with E-state index >= 15 is 0 Å². The van der Waals surface area contributed by atoms with Gasteiger partial charge in [0, 0.05) is 6.04 Å². The SMILES string of the molecule is CSCCC(NC(=O)NC1CC(C)CC(C)C1)C(=O)O. The number of aliphatic carboxylic acids is 1. The van der Waals surface area contributed by atoms with Crippen molar-refractivity contribution >= 4 is 23.8 Å². The van der Waals surface area contributed by atoms with Gasteiger partial charge in [-0.1, -0.05) is 13.8 Å². The number of carboxylic acids is 1. The largest absolute Gasteiger partial charge is 0.480 e. The Hall–Kier alpha value is -0.910. The predicted octanol–water partition coefficient (Wildman–Crippen LogP) is 2.32. The molecule has 1 aliphatic carbocycles. The average molecular weight is 302 g/mol. The third-order valence-electron chi connectivity index (χ3n) is 3.73. The molecule has 0 aromatic carbocycles. The molecule has 2 amide bonds. The van der Waals surface area contributed by atoms with Crippen LogP contribution in [0.15, 0.2) is 0 Å². The topological polar surface area (TPSA) is 78.4 Å². The van der Waals surface area contributed by atoms with Crippen molar-refractivity contribution in [3.63, 3.8) is 0 Å². The van der Waals surface area contributed by atoms with Crippen molar-refractivity contribution in [3.05, 3.63) is 0 Å². The molecule has 0 aromatic rings. The number of urea groups is 1. The normalized spacial score (nSPS) is 27.6. The zero-order valence-electron chi connectivity index (χ0n) is 12.5. The van der Waals surface area contributed by atoms with Gasteiger partial charge in [-0.15, -0.1) is 0 Å². The van der Waals surface area contributed by atoms with Gasteiger partial charge < -0.3 is 15.7 Å². The Morgan fingerprint density at radius 2 is 1.85 bits per heavy atom. The van der Waals surface area contributed by atoms with Gasteiger partial charge in [0.15, 0.2) is 0 Å². The van der Waals surface area contributed by atoms with Crippen LogP contribution in [0.25, 0.3) is 0 Å². The molecule has 0 radical (unpaired) electrons. The van der Waals surface area contributed by atoms with Crippen molar-refractivity contribution in [1.29, 1.82) is 0 Å². The third-order valence-corrected chi connectivity index (χ3v) is 4.37. The van der Waals surface area contributed by atoms with Crippen LogP contribution in [0.5, 0.6) is 0 Å². The Morgan fingerprint density at radius 1 is 1.25 bits per heavy atom. The lowest BCUT2D eigenvalue weighted by molar-refractivity contribution is -0.139. The number of hydrogen-bond donors (Lipinski definition) is 3. The number of amides is 2. The highest BCUT2D eigenvalue weighted by atomic mass is 32.2. The minimum atomic E-state index is -0.973. The standard InChI is InChI=1S/C14H26N2O3S/c1-9-6-10(2)8-11(7-9)15-14(19)16-12(13(17)18)4-5-20-3/h9-12H,4-8H2,1-3H3,(H,17,18)(H2,15,16,19). The zero-order chi connectivity index (χ0) is 15.1. The average Bonchev–Trinajstić information content (AvgIpc) is 2.32. The Kier molecular flexibility index (Phi) is 7.19. The highest BCUT2D eigenvalue weighted by Crippen LogP contribution is 2.28. The van der Waals surface area contributed by atoms with Crippen LogP contribution in [0.4, 0.5) is 4.79 Å². The van der Waals surface area contributed by atoms with Crippen molar-refractivity contribution in [2.24, 2.45) is 11.8 Å². The lowest BCUT2D eigenvalue weighted by Gasteiger charge is -2.32. The fraction of sp³-hybridized carbons (Fsp3) is 0.857. The highest BCUT2D eigenvalue weighted by molar-refractivity contribution is 7.98. The summed E-state index contributed by atoms with van der Waals surface area (Å²) in [5.74, 6) is 0.959. The van der Waals surface area contributed by atoms with Gasteiger partial charge in [-0.3, -0.25) is 0 Å². The maximum absolute atomic E-state index is 11.9. The van der Waals surface area contributed by atoms with Gasteiger partial charge in [0.1, 0.15) is 6.04 Å². The number of carbonyl (C=O) groups excluding carboxylic acids is 1. The quantitative estimate of drug-likeness (QED) is 0.703. The van der Waals surface area contributed by atoms with E-state index in [4.69, 9.17) is 5.11 Å². The maximum atomic E-state index is 11.9. The van der Waals surface area contributed by atoms with E-state index in [2.05, 4.69) is 24.5 Å². The molecule has 0 aliphatic heterocycles. The molecule has 1 rings (SSSR count). The van der Waals surface area contributed by atoms with Crippen LogP contribution in [-0.2, 0) is 4.79 Å². The Morgan fingerprint density at radius 3 is 2.35 bits per heavy atom. The Labute approximate surface area is 125 Å². The van der Waals surface area contributed by atoms with E-state index in [-0.39, 0.29) is 12.1 Å². The van der Waals surface area contributed by atoms with Crippen LogP contribution in [0.3, 0.4) is 0 Å². The second-order valence-corrected chi connectivity index (χ2v) is 6.89. The van der Waals surface area contributed by atoms with Gasteiger partial charge >= 0.3 is 12.0 Å². The first-order chi connectivity index (χ1) is 9.42. The lowest BCUT2D eigenvalue weighted by Crippen LogP contribution is -2.50. The van der Waals surface area contributed by atoms with Gasteiger partial charge in [0.05, 0.1) is 0 Å². The van der Waals surface area contributed by atoms with Crippen molar-refractivity contribution < 1.29 is 14.7 Å². The minimum absolute atomic E-state index is 0.156. The van der Waals surface area contributed by atoms with Crippen LogP contribution >= 0.6 is 11.8 Å².